The van der Waals surface area contributed by atoms with Crippen molar-refractivity contribution in [1.29, 1.82) is 0 Å². The highest BCUT2D eigenvalue weighted by molar-refractivity contribution is 5.85. The second kappa shape index (κ2) is 10.6. The molecule has 8 nitrogen and oxygen atoms in total. The number of nitrogens with zero attached hydrogens (tertiary/aromatic N) is 4. The average Bonchev–Trinajstić information content (AvgIpc) is 3.35. The van der Waals surface area contributed by atoms with Gasteiger partial charge in [0.15, 0.2) is 5.82 Å². The monoisotopic (exact) mass is 481 g/mol. The molecule has 0 bridgehead atoms. The third kappa shape index (κ3) is 5.08. The molecule has 3 aliphatic rings. The molecule has 0 aromatic carbocycles. The van der Waals surface area contributed by atoms with Crippen molar-refractivity contribution in [2.75, 3.05) is 6.54 Å². The minimum Gasteiger partial charge on any atom is -0.359 e. The van der Waals surface area contributed by atoms with Gasteiger partial charge < -0.3 is 14.6 Å². The lowest BCUT2D eigenvalue weighted by atomic mass is 9.82. The zero-order valence-corrected chi connectivity index (χ0v) is 21.0. The highest BCUT2D eigenvalue weighted by Crippen LogP contribution is 2.36. The summed E-state index contributed by atoms with van der Waals surface area (Å²) in [5, 5.41) is 4.48. The van der Waals surface area contributed by atoms with Gasteiger partial charge in [-0.3, -0.25) is 9.59 Å². The molecule has 35 heavy (non-hydrogen) atoms. The summed E-state index contributed by atoms with van der Waals surface area (Å²) in [6, 6.07) is 1.86. The van der Waals surface area contributed by atoms with Crippen LogP contribution in [0.15, 0.2) is 23.0 Å². The fourth-order valence-corrected chi connectivity index (χ4v) is 6.21. The number of carbonyl (C=O) groups is 1. The summed E-state index contributed by atoms with van der Waals surface area (Å²) in [6.45, 7) is 2.99. The Hall–Kier alpha value is -2.48. The molecule has 0 aliphatic heterocycles. The van der Waals surface area contributed by atoms with E-state index in [1.54, 1.807) is 0 Å². The summed E-state index contributed by atoms with van der Waals surface area (Å²) < 4.78 is 7.84. The van der Waals surface area contributed by atoms with Crippen LogP contribution in [-0.4, -0.2) is 48.6 Å². The van der Waals surface area contributed by atoms with Gasteiger partial charge in [0.2, 0.25) is 5.78 Å². The number of hydrogen-bond donors (Lipinski definition) is 1. The van der Waals surface area contributed by atoms with Crippen LogP contribution in [0.4, 0.5) is 0 Å². The normalized spacial score (nSPS) is 22.9. The van der Waals surface area contributed by atoms with Crippen LogP contribution in [0.5, 0.6) is 0 Å². The summed E-state index contributed by atoms with van der Waals surface area (Å²) in [6.07, 6.45) is 17.7. The van der Waals surface area contributed by atoms with Gasteiger partial charge in [-0.2, -0.15) is 9.50 Å². The van der Waals surface area contributed by atoms with Gasteiger partial charge in [-0.05, 0) is 51.9 Å². The van der Waals surface area contributed by atoms with Crippen molar-refractivity contribution in [3.63, 3.8) is 0 Å². The minimum absolute atomic E-state index is 0.144. The molecule has 1 unspecified atom stereocenters. The van der Waals surface area contributed by atoms with Crippen LogP contribution >= 0.6 is 0 Å². The third-order valence-corrected chi connectivity index (χ3v) is 8.21. The molecule has 190 valence electrons. The molecule has 2 heterocycles. The molecule has 0 radical (unpaired) electrons. The topological polar surface area (TPSA) is 92.6 Å². The lowest BCUT2D eigenvalue weighted by Crippen LogP contribution is -2.55. The van der Waals surface area contributed by atoms with Crippen molar-refractivity contribution >= 4 is 11.7 Å². The smallest absolute Gasteiger partial charge is 0.275 e. The molecule has 1 amide bonds. The zero-order chi connectivity index (χ0) is 24.3. The number of aromatic amines is 1. The van der Waals surface area contributed by atoms with Crippen LogP contribution in [0, 0.1) is 0 Å². The molecule has 2 fully saturated rings. The summed E-state index contributed by atoms with van der Waals surface area (Å²) in [4.78, 5) is 36.7. The number of allylic oxidation sites excluding steroid dienone is 2. The van der Waals surface area contributed by atoms with Crippen molar-refractivity contribution < 1.29 is 9.53 Å². The van der Waals surface area contributed by atoms with E-state index < -0.39 is 5.60 Å². The first-order chi connectivity index (χ1) is 17.1. The third-order valence-electron chi connectivity index (χ3n) is 8.21. The van der Waals surface area contributed by atoms with Crippen molar-refractivity contribution in [2.24, 2.45) is 0 Å². The van der Waals surface area contributed by atoms with Crippen LogP contribution in [0.1, 0.15) is 108 Å². The summed E-state index contributed by atoms with van der Waals surface area (Å²) in [7, 11) is 0. The lowest BCUT2D eigenvalue weighted by Gasteiger charge is -2.43. The van der Waals surface area contributed by atoms with Crippen molar-refractivity contribution in [1.82, 2.24) is 24.5 Å². The van der Waals surface area contributed by atoms with Gasteiger partial charge >= 0.3 is 0 Å². The molecule has 8 heteroatoms. The summed E-state index contributed by atoms with van der Waals surface area (Å²) >= 11 is 0. The SMILES string of the molecule is CCN(C(=O)C1(OCc2cc(=O)n3nc(C4CC=CCC4)nc3[nH]2)CCCCC1)C1CCCCC1. The number of aromatic nitrogens is 4. The number of ether oxygens (including phenoxy) is 1. The molecule has 0 spiro atoms. The Kier molecular flexibility index (Phi) is 7.37. The zero-order valence-electron chi connectivity index (χ0n) is 21.0. The maximum Gasteiger partial charge on any atom is 0.275 e. The first-order valence-corrected chi connectivity index (χ1v) is 13.7. The van der Waals surface area contributed by atoms with Crippen LogP contribution in [0.2, 0.25) is 0 Å². The van der Waals surface area contributed by atoms with Gasteiger partial charge in [0, 0.05) is 30.3 Å². The predicted octanol–water partition coefficient (Wildman–Crippen LogP) is 4.64. The molecule has 0 saturated heterocycles. The van der Waals surface area contributed by atoms with Crippen LogP contribution < -0.4 is 5.56 Å². The second-order valence-electron chi connectivity index (χ2n) is 10.5. The van der Waals surface area contributed by atoms with Crippen molar-refractivity contribution in [3.8, 4) is 0 Å². The quantitative estimate of drug-likeness (QED) is 0.582. The number of H-pyrrole nitrogens is 1. The Morgan fingerprint density at radius 2 is 1.91 bits per heavy atom. The Labute approximate surface area is 207 Å². The molecule has 3 aliphatic carbocycles. The number of hydrogen-bond acceptors (Lipinski definition) is 5. The van der Waals surface area contributed by atoms with Gasteiger partial charge in [-0.25, -0.2) is 0 Å². The van der Waals surface area contributed by atoms with E-state index in [-0.39, 0.29) is 24.0 Å². The van der Waals surface area contributed by atoms with Gasteiger partial charge in [-0.1, -0.05) is 50.7 Å². The van der Waals surface area contributed by atoms with E-state index in [4.69, 9.17) is 4.74 Å². The molecule has 2 saturated carbocycles. The van der Waals surface area contributed by atoms with Gasteiger partial charge in [0.1, 0.15) is 5.60 Å². The van der Waals surface area contributed by atoms with Crippen LogP contribution in [0.3, 0.4) is 0 Å². The molecule has 2 aromatic rings. The van der Waals surface area contributed by atoms with E-state index in [1.807, 2.05) is 0 Å². The molecular formula is C27H39N5O3. The Morgan fingerprint density at radius 1 is 1.14 bits per heavy atom. The Morgan fingerprint density at radius 3 is 2.63 bits per heavy atom. The number of rotatable bonds is 7. The van der Waals surface area contributed by atoms with Crippen molar-refractivity contribution in [3.05, 3.63) is 40.1 Å². The highest BCUT2D eigenvalue weighted by Gasteiger charge is 2.44. The first kappa shape index (κ1) is 24.2. The predicted molar refractivity (Wildman–Crippen MR) is 134 cm³/mol. The van der Waals surface area contributed by atoms with Crippen molar-refractivity contribution in [2.45, 2.75) is 115 Å². The average molecular weight is 482 g/mol. The van der Waals surface area contributed by atoms with Gasteiger partial charge in [-0.15, -0.1) is 5.10 Å². The number of nitrogens with one attached hydrogen (secondary N) is 1. The summed E-state index contributed by atoms with van der Waals surface area (Å²) in [5.41, 5.74) is -0.380. The maximum absolute atomic E-state index is 13.9. The minimum atomic E-state index is -0.804. The number of likely N-dealkylation sites (N-methyl/N-ethyl adjacent to an activating group) is 1. The molecule has 2 aromatic heterocycles. The highest BCUT2D eigenvalue weighted by atomic mass is 16.5. The lowest BCUT2D eigenvalue weighted by molar-refractivity contribution is -0.169. The molecule has 1 atom stereocenters. The molecule has 1 N–H and O–H groups in total. The molecular weight excluding hydrogens is 442 g/mol. The largest absolute Gasteiger partial charge is 0.359 e. The maximum atomic E-state index is 13.9. The van der Waals surface area contributed by atoms with E-state index in [0.29, 0.717) is 23.3 Å². The standard InChI is InChI=1S/C27H39N5O3/c1-2-31(22-14-8-4-9-15-22)25(34)27(16-10-5-11-17-27)35-19-21-18-23(33)32-26(28-21)29-24(30-32)20-12-6-3-7-13-20/h3,6,18,20,22H,2,4-5,7-17,19H2,1H3,(H,28,29,30). The Bertz CT molecular complexity index is 1110. The fraction of sp³-hybridized carbons (Fsp3) is 0.704. The Balaban J connectivity index is 1.35. The van der Waals surface area contributed by atoms with E-state index in [1.165, 1.54) is 29.8 Å². The fourth-order valence-electron chi connectivity index (χ4n) is 6.21. The van der Waals surface area contributed by atoms with Gasteiger partial charge in [0.25, 0.3) is 11.5 Å². The first-order valence-electron chi connectivity index (χ1n) is 13.7. The number of fused-ring (bicyclic) bond motifs is 1. The van der Waals surface area contributed by atoms with E-state index in [0.717, 1.165) is 70.8 Å². The van der Waals surface area contributed by atoms with E-state index in [2.05, 4.69) is 39.0 Å². The number of amides is 1. The summed E-state index contributed by atoms with van der Waals surface area (Å²) in [5.74, 6) is 1.55. The van der Waals surface area contributed by atoms with E-state index >= 15 is 0 Å². The number of carbonyl (C=O) groups excluding carboxylic acids is 1. The van der Waals surface area contributed by atoms with Gasteiger partial charge in [0.05, 0.1) is 6.61 Å². The second-order valence-corrected chi connectivity index (χ2v) is 10.5. The van der Waals surface area contributed by atoms with E-state index in [9.17, 15) is 9.59 Å². The van der Waals surface area contributed by atoms with Crippen LogP contribution in [0.25, 0.3) is 5.78 Å². The van der Waals surface area contributed by atoms with Crippen LogP contribution in [-0.2, 0) is 16.1 Å². The molecule has 5 rings (SSSR count).